The van der Waals surface area contributed by atoms with Crippen molar-refractivity contribution in [2.24, 2.45) is 5.41 Å². The number of allylic oxidation sites excluding steroid dienone is 9. The third kappa shape index (κ3) is 4.21. The van der Waals surface area contributed by atoms with E-state index in [0.717, 1.165) is 0 Å². The zero-order chi connectivity index (χ0) is 14.0. The highest BCUT2D eigenvalue weighted by atomic mass is 16.4. The van der Waals surface area contributed by atoms with Gasteiger partial charge in [0.2, 0.25) is 0 Å². The molecule has 0 saturated heterocycles. The molecule has 0 amide bonds. The Balaban J connectivity index is 5.99. The van der Waals surface area contributed by atoms with Crippen molar-refractivity contribution in [2.45, 2.75) is 27.7 Å². The van der Waals surface area contributed by atoms with Crippen molar-refractivity contribution in [3.05, 3.63) is 60.3 Å². The Morgan fingerprint density at radius 1 is 0.889 bits per heavy atom. The fourth-order valence-corrected chi connectivity index (χ4v) is 1.86. The van der Waals surface area contributed by atoms with Crippen molar-refractivity contribution in [3.8, 4) is 0 Å². The molecule has 1 N–H and O–H groups in total. The second-order valence-electron chi connectivity index (χ2n) is 3.84. The Morgan fingerprint density at radius 2 is 1.33 bits per heavy atom. The lowest BCUT2D eigenvalue weighted by Crippen LogP contribution is -2.21. The summed E-state index contributed by atoms with van der Waals surface area (Å²) >= 11 is 0. The smallest absolute Gasteiger partial charge is 0.333 e. The fourth-order valence-electron chi connectivity index (χ4n) is 1.86. The van der Waals surface area contributed by atoms with Crippen LogP contribution in [0.1, 0.15) is 27.7 Å². The first-order valence-corrected chi connectivity index (χ1v) is 6.06. The van der Waals surface area contributed by atoms with Gasteiger partial charge in [0.15, 0.2) is 0 Å². The second-order valence-corrected chi connectivity index (χ2v) is 3.84. The molecule has 0 heterocycles. The summed E-state index contributed by atoms with van der Waals surface area (Å²) in [5, 5.41) is 9.41. The van der Waals surface area contributed by atoms with Gasteiger partial charge >= 0.3 is 5.97 Å². The Labute approximate surface area is 110 Å². The van der Waals surface area contributed by atoms with Crippen molar-refractivity contribution in [1.29, 1.82) is 0 Å². The van der Waals surface area contributed by atoms with Crippen LogP contribution in [0.2, 0.25) is 0 Å². The molecule has 0 rings (SSSR count). The average molecular weight is 246 g/mol. The molecule has 2 heteroatoms. The van der Waals surface area contributed by atoms with Crippen LogP contribution in [0, 0.1) is 5.41 Å². The first-order valence-electron chi connectivity index (χ1n) is 6.06. The fraction of sp³-hybridized carbons (Fsp3) is 0.312. The molecule has 0 atom stereocenters. The van der Waals surface area contributed by atoms with Crippen LogP contribution < -0.4 is 0 Å². The predicted molar refractivity (Wildman–Crippen MR) is 77.4 cm³/mol. The molecular formula is C16H22O2. The summed E-state index contributed by atoms with van der Waals surface area (Å²) in [4.78, 5) is 11.5. The second kappa shape index (κ2) is 8.29. The van der Waals surface area contributed by atoms with Gasteiger partial charge in [0.25, 0.3) is 0 Å². The summed E-state index contributed by atoms with van der Waals surface area (Å²) in [5.41, 5.74) is -0.362. The molecule has 0 spiro atoms. The van der Waals surface area contributed by atoms with Gasteiger partial charge in [-0.1, -0.05) is 54.7 Å². The summed E-state index contributed by atoms with van der Waals surface area (Å²) < 4.78 is 0. The largest absolute Gasteiger partial charge is 0.478 e. The predicted octanol–water partition coefficient (Wildman–Crippen LogP) is 4.29. The van der Waals surface area contributed by atoms with Crippen LogP contribution in [0.3, 0.4) is 0 Å². The standard InChI is InChI=1S/C16H22O2/c1-5-9-10-14(15(17)18)16(11-6-2,12-7-3)13-8-4/h5-13H,1-4H3,(H,17,18). The van der Waals surface area contributed by atoms with E-state index in [2.05, 4.69) is 0 Å². The number of hydrogen-bond acceptors (Lipinski definition) is 1. The highest BCUT2D eigenvalue weighted by Crippen LogP contribution is 2.33. The van der Waals surface area contributed by atoms with Gasteiger partial charge in [0.1, 0.15) is 0 Å². The van der Waals surface area contributed by atoms with E-state index >= 15 is 0 Å². The molecule has 18 heavy (non-hydrogen) atoms. The quantitative estimate of drug-likeness (QED) is 0.431. The summed E-state index contributed by atoms with van der Waals surface area (Å²) in [6, 6.07) is 0. The van der Waals surface area contributed by atoms with Gasteiger partial charge in [-0.2, -0.15) is 0 Å². The zero-order valence-corrected chi connectivity index (χ0v) is 11.6. The van der Waals surface area contributed by atoms with Crippen LogP contribution in [0.5, 0.6) is 0 Å². The van der Waals surface area contributed by atoms with Crippen LogP contribution in [0.4, 0.5) is 0 Å². The van der Waals surface area contributed by atoms with Crippen LogP contribution in [-0.2, 0) is 4.79 Å². The van der Waals surface area contributed by atoms with E-state index in [9.17, 15) is 9.90 Å². The lowest BCUT2D eigenvalue weighted by molar-refractivity contribution is -0.133. The average Bonchev–Trinajstić information content (AvgIpc) is 2.30. The first-order chi connectivity index (χ1) is 8.57. The van der Waals surface area contributed by atoms with Crippen molar-refractivity contribution in [1.82, 2.24) is 0 Å². The third-order valence-corrected chi connectivity index (χ3v) is 2.48. The zero-order valence-electron chi connectivity index (χ0n) is 11.6. The number of aliphatic carboxylic acids is 1. The van der Waals surface area contributed by atoms with Crippen LogP contribution >= 0.6 is 0 Å². The molecule has 0 unspecified atom stereocenters. The first kappa shape index (κ1) is 16.2. The lowest BCUT2D eigenvalue weighted by Gasteiger charge is -2.24. The van der Waals surface area contributed by atoms with Crippen molar-refractivity contribution in [3.63, 3.8) is 0 Å². The monoisotopic (exact) mass is 246 g/mol. The van der Waals surface area contributed by atoms with Gasteiger partial charge in [-0.25, -0.2) is 4.79 Å². The Morgan fingerprint density at radius 3 is 1.61 bits per heavy atom. The van der Waals surface area contributed by atoms with E-state index in [4.69, 9.17) is 0 Å². The Kier molecular flexibility index (Phi) is 7.45. The minimum Gasteiger partial charge on any atom is -0.478 e. The molecule has 0 aromatic carbocycles. The minimum atomic E-state index is -0.914. The van der Waals surface area contributed by atoms with E-state index in [1.807, 2.05) is 70.2 Å². The van der Waals surface area contributed by atoms with E-state index < -0.39 is 11.4 Å². The summed E-state index contributed by atoms with van der Waals surface area (Å²) in [6.45, 7) is 7.52. The molecule has 0 fully saturated rings. The molecule has 0 saturated carbocycles. The Bertz CT molecular complexity index is 376. The van der Waals surface area contributed by atoms with Gasteiger partial charge in [0.05, 0.1) is 11.0 Å². The topological polar surface area (TPSA) is 37.3 Å². The Hall–Kier alpha value is -1.83. The molecule has 0 aliphatic carbocycles. The maximum absolute atomic E-state index is 11.5. The molecule has 0 aromatic rings. The van der Waals surface area contributed by atoms with Crippen LogP contribution in [0.15, 0.2) is 60.3 Å². The van der Waals surface area contributed by atoms with Gasteiger partial charge in [0, 0.05) is 0 Å². The normalized spacial score (nSPS) is 17.2. The number of carboxylic acid groups (broad SMARTS) is 1. The SMILES string of the molecule is CC=CC=C(C(=O)O)C(C=CC)(C=CC)C=CC. The van der Waals surface area contributed by atoms with Gasteiger partial charge in [-0.3, -0.25) is 0 Å². The molecule has 0 bridgehead atoms. The van der Waals surface area contributed by atoms with E-state index in [0.29, 0.717) is 5.57 Å². The van der Waals surface area contributed by atoms with Gasteiger partial charge in [-0.05, 0) is 27.7 Å². The van der Waals surface area contributed by atoms with Gasteiger partial charge < -0.3 is 5.11 Å². The number of rotatable bonds is 6. The van der Waals surface area contributed by atoms with E-state index in [1.165, 1.54) is 0 Å². The number of carboxylic acids is 1. The summed E-state index contributed by atoms with van der Waals surface area (Å²) in [6.07, 6.45) is 16.5. The van der Waals surface area contributed by atoms with Crippen LogP contribution in [-0.4, -0.2) is 11.1 Å². The summed E-state index contributed by atoms with van der Waals surface area (Å²) in [5.74, 6) is -0.914. The maximum Gasteiger partial charge on any atom is 0.333 e. The van der Waals surface area contributed by atoms with Crippen molar-refractivity contribution in [2.75, 3.05) is 0 Å². The van der Waals surface area contributed by atoms with Crippen LogP contribution in [0.25, 0.3) is 0 Å². The molecular weight excluding hydrogens is 224 g/mol. The molecule has 0 aliphatic rings. The lowest BCUT2D eigenvalue weighted by atomic mass is 9.78. The molecule has 98 valence electrons. The third-order valence-electron chi connectivity index (χ3n) is 2.48. The van der Waals surface area contributed by atoms with Gasteiger partial charge in [-0.15, -0.1) is 0 Å². The molecule has 0 aromatic heterocycles. The highest BCUT2D eigenvalue weighted by molar-refractivity contribution is 5.90. The molecule has 0 radical (unpaired) electrons. The highest BCUT2D eigenvalue weighted by Gasteiger charge is 2.29. The number of hydrogen-bond donors (Lipinski definition) is 1. The van der Waals surface area contributed by atoms with E-state index in [1.54, 1.807) is 12.2 Å². The maximum atomic E-state index is 11.5. The summed E-state index contributed by atoms with van der Waals surface area (Å²) in [7, 11) is 0. The van der Waals surface area contributed by atoms with Crippen molar-refractivity contribution < 1.29 is 9.90 Å². The van der Waals surface area contributed by atoms with Crippen molar-refractivity contribution >= 4 is 5.97 Å². The van der Waals surface area contributed by atoms with E-state index in [-0.39, 0.29) is 0 Å². The molecule has 0 aliphatic heterocycles. The minimum absolute atomic E-state index is 0.329. The molecule has 2 nitrogen and oxygen atoms in total. The number of carbonyl (C=O) groups is 1.